The van der Waals surface area contributed by atoms with E-state index in [1.165, 1.54) is 0 Å². The maximum absolute atomic E-state index is 12.1. The second-order valence-electron chi connectivity index (χ2n) is 4.96. The molecule has 0 bridgehead atoms. The molecule has 1 aromatic rings. The number of hydrogen-bond donors (Lipinski definition) is 2. The summed E-state index contributed by atoms with van der Waals surface area (Å²) in [5.74, 6) is 0. The molecule has 5 nitrogen and oxygen atoms in total. The van der Waals surface area contributed by atoms with Crippen molar-refractivity contribution < 1.29 is 8.42 Å². The predicted molar refractivity (Wildman–Crippen MR) is 77.3 cm³/mol. The van der Waals surface area contributed by atoms with Gasteiger partial charge >= 0.3 is 0 Å². The first kappa shape index (κ1) is 16.1. The Bertz CT molecular complexity index is 483. The fourth-order valence-corrected chi connectivity index (χ4v) is 2.93. The first-order chi connectivity index (χ1) is 8.85. The first-order valence-corrected chi connectivity index (χ1v) is 7.79. The van der Waals surface area contributed by atoms with Gasteiger partial charge in [-0.05, 0) is 51.7 Å². The second kappa shape index (κ2) is 7.00. The number of nitrogens with zero attached hydrogens (tertiary/aromatic N) is 1. The normalized spacial score (nSPS) is 13.7. The maximum atomic E-state index is 12.1. The summed E-state index contributed by atoms with van der Waals surface area (Å²) in [5.41, 5.74) is 6.40. The Morgan fingerprint density at radius 1 is 1.26 bits per heavy atom. The molecule has 0 heterocycles. The molecule has 0 saturated carbocycles. The molecule has 3 N–H and O–H groups in total. The maximum Gasteiger partial charge on any atom is 0.240 e. The van der Waals surface area contributed by atoms with Crippen LogP contribution in [-0.4, -0.2) is 40.0 Å². The zero-order chi connectivity index (χ0) is 14.5. The van der Waals surface area contributed by atoms with E-state index in [1.54, 1.807) is 24.3 Å². The minimum absolute atomic E-state index is 0.0958. The van der Waals surface area contributed by atoms with Crippen molar-refractivity contribution >= 4 is 10.0 Å². The summed E-state index contributed by atoms with van der Waals surface area (Å²) in [6.07, 6.45) is 0.771. The first-order valence-electron chi connectivity index (χ1n) is 6.31. The lowest BCUT2D eigenvalue weighted by atomic mass is 10.2. The molecule has 0 radical (unpaired) electrons. The van der Waals surface area contributed by atoms with E-state index in [4.69, 9.17) is 5.73 Å². The van der Waals surface area contributed by atoms with E-state index in [0.717, 1.165) is 18.5 Å². The van der Waals surface area contributed by atoms with Crippen molar-refractivity contribution in [3.8, 4) is 0 Å². The topological polar surface area (TPSA) is 75.4 Å². The molecule has 0 spiro atoms. The Morgan fingerprint density at radius 2 is 1.84 bits per heavy atom. The molecule has 1 unspecified atom stereocenters. The monoisotopic (exact) mass is 285 g/mol. The Kier molecular flexibility index (Phi) is 5.93. The number of sulfonamides is 1. The highest BCUT2D eigenvalue weighted by Gasteiger charge is 2.17. The number of nitrogens with one attached hydrogen (secondary N) is 1. The van der Waals surface area contributed by atoms with E-state index in [0.29, 0.717) is 6.54 Å². The van der Waals surface area contributed by atoms with E-state index < -0.39 is 10.0 Å². The molecular formula is C13H23N3O2S. The second-order valence-corrected chi connectivity index (χ2v) is 6.68. The van der Waals surface area contributed by atoms with E-state index in [1.807, 2.05) is 25.9 Å². The lowest BCUT2D eigenvalue weighted by Gasteiger charge is -2.17. The Balaban J connectivity index is 2.69. The van der Waals surface area contributed by atoms with Gasteiger partial charge in [0, 0.05) is 12.6 Å². The molecule has 0 amide bonds. The molecule has 0 aliphatic heterocycles. The van der Waals surface area contributed by atoms with Gasteiger partial charge in [0.05, 0.1) is 4.90 Å². The van der Waals surface area contributed by atoms with Crippen LogP contribution in [0, 0.1) is 0 Å². The highest BCUT2D eigenvalue weighted by atomic mass is 32.2. The Hall–Kier alpha value is -0.950. The van der Waals surface area contributed by atoms with E-state index in [2.05, 4.69) is 4.72 Å². The van der Waals surface area contributed by atoms with Gasteiger partial charge < -0.3 is 10.6 Å². The summed E-state index contributed by atoms with van der Waals surface area (Å²) in [5, 5.41) is 0. The Labute approximate surface area is 115 Å². The van der Waals surface area contributed by atoms with Gasteiger partial charge in [-0.25, -0.2) is 13.1 Å². The fraction of sp³-hybridized carbons (Fsp3) is 0.538. The van der Waals surface area contributed by atoms with E-state index in [-0.39, 0.29) is 10.9 Å². The fourth-order valence-electron chi connectivity index (χ4n) is 1.65. The lowest BCUT2D eigenvalue weighted by Crippen LogP contribution is -2.34. The largest absolute Gasteiger partial charge is 0.326 e. The van der Waals surface area contributed by atoms with Crippen LogP contribution in [0.25, 0.3) is 0 Å². The number of hydrogen-bond acceptors (Lipinski definition) is 4. The number of rotatable bonds is 7. The minimum Gasteiger partial charge on any atom is -0.326 e. The molecule has 0 aliphatic rings. The van der Waals surface area contributed by atoms with Gasteiger partial charge in [-0.3, -0.25) is 0 Å². The minimum atomic E-state index is -3.44. The highest BCUT2D eigenvalue weighted by molar-refractivity contribution is 7.89. The van der Waals surface area contributed by atoms with Crippen LogP contribution in [0.5, 0.6) is 0 Å². The average molecular weight is 285 g/mol. The molecule has 0 saturated heterocycles. The van der Waals surface area contributed by atoms with Gasteiger partial charge in [-0.1, -0.05) is 12.1 Å². The average Bonchev–Trinajstić information content (AvgIpc) is 2.36. The van der Waals surface area contributed by atoms with Crippen LogP contribution in [-0.2, 0) is 16.6 Å². The molecule has 108 valence electrons. The molecular weight excluding hydrogens is 262 g/mol. The summed E-state index contributed by atoms with van der Waals surface area (Å²) in [6.45, 7) is 3.12. The van der Waals surface area contributed by atoms with Crippen molar-refractivity contribution in [3.63, 3.8) is 0 Å². The zero-order valence-corrected chi connectivity index (χ0v) is 12.6. The van der Waals surface area contributed by atoms with Crippen LogP contribution in [0.4, 0.5) is 0 Å². The molecule has 6 heteroatoms. The summed E-state index contributed by atoms with van der Waals surface area (Å²) >= 11 is 0. The lowest BCUT2D eigenvalue weighted by molar-refractivity contribution is 0.379. The van der Waals surface area contributed by atoms with Crippen molar-refractivity contribution in [2.75, 3.05) is 20.6 Å². The van der Waals surface area contributed by atoms with Gasteiger partial charge in [0.15, 0.2) is 0 Å². The van der Waals surface area contributed by atoms with Crippen molar-refractivity contribution in [2.45, 2.75) is 30.8 Å². The number of nitrogens with two attached hydrogens (primary N) is 1. The predicted octanol–water partition coefficient (Wildman–Crippen LogP) is 0.764. The summed E-state index contributed by atoms with van der Waals surface area (Å²) < 4.78 is 26.9. The molecule has 1 rings (SSSR count). The smallest absolute Gasteiger partial charge is 0.240 e. The van der Waals surface area contributed by atoms with Crippen molar-refractivity contribution in [3.05, 3.63) is 29.8 Å². The molecule has 19 heavy (non-hydrogen) atoms. The summed E-state index contributed by atoms with van der Waals surface area (Å²) in [7, 11) is 0.488. The van der Waals surface area contributed by atoms with Crippen LogP contribution < -0.4 is 10.5 Å². The summed E-state index contributed by atoms with van der Waals surface area (Å²) in [6, 6.07) is 6.55. The molecule has 1 atom stereocenters. The third-order valence-corrected chi connectivity index (χ3v) is 4.44. The van der Waals surface area contributed by atoms with Gasteiger partial charge in [0.1, 0.15) is 0 Å². The van der Waals surface area contributed by atoms with E-state index in [9.17, 15) is 8.42 Å². The third-order valence-electron chi connectivity index (χ3n) is 2.84. The number of benzene rings is 1. The van der Waals surface area contributed by atoms with Crippen LogP contribution in [0.3, 0.4) is 0 Å². The molecule has 0 aliphatic carbocycles. The van der Waals surface area contributed by atoms with Crippen molar-refractivity contribution in [2.24, 2.45) is 5.73 Å². The van der Waals surface area contributed by atoms with Crippen LogP contribution >= 0.6 is 0 Å². The SMILES string of the molecule is CC(CCN(C)C)NS(=O)(=O)c1ccc(CN)cc1. The highest BCUT2D eigenvalue weighted by Crippen LogP contribution is 2.11. The quantitative estimate of drug-likeness (QED) is 0.776. The van der Waals surface area contributed by atoms with Gasteiger partial charge in [-0.2, -0.15) is 0 Å². The van der Waals surface area contributed by atoms with E-state index >= 15 is 0 Å². The van der Waals surface area contributed by atoms with Crippen molar-refractivity contribution in [1.29, 1.82) is 0 Å². The summed E-state index contributed by atoms with van der Waals surface area (Å²) in [4.78, 5) is 2.31. The van der Waals surface area contributed by atoms with Crippen LogP contribution in [0.1, 0.15) is 18.9 Å². The third kappa shape index (κ3) is 5.28. The zero-order valence-electron chi connectivity index (χ0n) is 11.8. The van der Waals surface area contributed by atoms with Crippen molar-refractivity contribution in [1.82, 2.24) is 9.62 Å². The standard InChI is InChI=1S/C13H23N3O2S/c1-11(8-9-16(2)3)15-19(17,18)13-6-4-12(10-14)5-7-13/h4-7,11,15H,8-10,14H2,1-3H3. The van der Waals surface area contributed by atoms with Crippen LogP contribution in [0.15, 0.2) is 29.2 Å². The molecule has 1 aromatic carbocycles. The van der Waals surface area contributed by atoms with Gasteiger partial charge in [-0.15, -0.1) is 0 Å². The molecule has 0 fully saturated rings. The Morgan fingerprint density at radius 3 is 2.32 bits per heavy atom. The van der Waals surface area contributed by atoms with Gasteiger partial charge in [0.2, 0.25) is 10.0 Å². The van der Waals surface area contributed by atoms with Crippen LogP contribution in [0.2, 0.25) is 0 Å². The van der Waals surface area contributed by atoms with Gasteiger partial charge in [0.25, 0.3) is 0 Å². The molecule has 0 aromatic heterocycles.